The summed E-state index contributed by atoms with van der Waals surface area (Å²) in [5.74, 6) is -0.467. The molecule has 132 valence electrons. The molecular formula is C15H14ClN3O5S. The third kappa shape index (κ3) is 4.25. The van der Waals surface area contributed by atoms with E-state index in [2.05, 4.69) is 23.1 Å². The molecule has 2 aromatic rings. The van der Waals surface area contributed by atoms with E-state index >= 15 is 0 Å². The van der Waals surface area contributed by atoms with Crippen molar-refractivity contribution in [1.82, 2.24) is 4.98 Å². The third-order valence-electron chi connectivity index (χ3n) is 3.08. The van der Waals surface area contributed by atoms with Gasteiger partial charge in [0.25, 0.3) is 0 Å². The van der Waals surface area contributed by atoms with E-state index in [0.717, 1.165) is 4.31 Å². The molecule has 0 radical (unpaired) electrons. The molecule has 0 aliphatic rings. The second kappa shape index (κ2) is 7.95. The molecule has 0 fully saturated rings. The van der Waals surface area contributed by atoms with Gasteiger partial charge >= 0.3 is 12.0 Å². The highest BCUT2D eigenvalue weighted by molar-refractivity contribution is 7.82. The van der Waals surface area contributed by atoms with E-state index in [1.807, 2.05) is 0 Å². The number of aromatic nitrogens is 1. The Bertz CT molecular complexity index is 818. The van der Waals surface area contributed by atoms with E-state index in [4.69, 9.17) is 26.2 Å². The highest BCUT2D eigenvalue weighted by Gasteiger charge is 2.18. The van der Waals surface area contributed by atoms with Gasteiger partial charge in [0.05, 0.1) is 24.9 Å². The number of pyridine rings is 1. The van der Waals surface area contributed by atoms with Crippen LogP contribution >= 0.6 is 24.4 Å². The zero-order valence-corrected chi connectivity index (χ0v) is 14.8. The smallest absolute Gasteiger partial charge is 0.354 e. The molecule has 0 spiro atoms. The molecule has 0 saturated carbocycles. The molecule has 0 bridgehead atoms. The van der Waals surface area contributed by atoms with E-state index in [1.54, 1.807) is 0 Å². The van der Waals surface area contributed by atoms with Crippen LogP contribution < -0.4 is 19.1 Å². The topological polar surface area (TPSA) is 101 Å². The Balaban J connectivity index is 2.26. The van der Waals surface area contributed by atoms with E-state index in [0.29, 0.717) is 11.5 Å². The SMILES string of the molecule is COc1cc(OC)c(NC(=O)N(S)c2cccc(C(=O)O)n2)cc1Cl. The van der Waals surface area contributed by atoms with Crippen molar-refractivity contribution >= 4 is 47.9 Å². The number of halogens is 1. The Labute approximate surface area is 153 Å². The van der Waals surface area contributed by atoms with Crippen LogP contribution in [0.25, 0.3) is 0 Å². The number of hydrogen-bond acceptors (Lipinski definition) is 6. The zero-order valence-electron chi connectivity index (χ0n) is 13.2. The van der Waals surface area contributed by atoms with Crippen molar-refractivity contribution in [2.24, 2.45) is 0 Å². The number of anilines is 2. The van der Waals surface area contributed by atoms with Crippen LogP contribution in [-0.4, -0.2) is 36.3 Å². The second-order valence-electron chi connectivity index (χ2n) is 4.62. The minimum atomic E-state index is -1.22. The summed E-state index contributed by atoms with van der Waals surface area (Å²) < 4.78 is 11.1. The Morgan fingerprint density at radius 2 is 1.92 bits per heavy atom. The first-order chi connectivity index (χ1) is 11.9. The molecule has 2 N–H and O–H groups in total. The normalized spacial score (nSPS) is 10.1. The van der Waals surface area contributed by atoms with E-state index in [-0.39, 0.29) is 22.2 Å². The van der Waals surface area contributed by atoms with Gasteiger partial charge in [-0.3, -0.25) is 0 Å². The summed E-state index contributed by atoms with van der Waals surface area (Å²) in [6, 6.07) is 6.49. The Kier molecular flexibility index (Phi) is 5.94. The number of carbonyl (C=O) groups excluding carboxylic acids is 1. The lowest BCUT2D eigenvalue weighted by Gasteiger charge is -2.18. The van der Waals surface area contributed by atoms with Crippen LogP contribution in [0.4, 0.5) is 16.3 Å². The van der Waals surface area contributed by atoms with E-state index in [1.165, 1.54) is 44.6 Å². The molecular weight excluding hydrogens is 370 g/mol. The average Bonchev–Trinajstić information content (AvgIpc) is 2.61. The van der Waals surface area contributed by atoms with Gasteiger partial charge < -0.3 is 19.9 Å². The maximum Gasteiger partial charge on any atom is 0.354 e. The predicted octanol–water partition coefficient (Wildman–Crippen LogP) is 3.33. The number of aromatic carboxylic acids is 1. The lowest BCUT2D eigenvalue weighted by molar-refractivity contribution is 0.0690. The van der Waals surface area contributed by atoms with Crippen LogP contribution in [0.2, 0.25) is 5.02 Å². The molecule has 0 aliphatic heterocycles. The number of urea groups is 1. The van der Waals surface area contributed by atoms with Crippen LogP contribution in [0.3, 0.4) is 0 Å². The molecule has 1 aromatic heterocycles. The average molecular weight is 384 g/mol. The molecule has 25 heavy (non-hydrogen) atoms. The van der Waals surface area contributed by atoms with Gasteiger partial charge in [0.15, 0.2) is 5.69 Å². The minimum Gasteiger partial charge on any atom is -0.495 e. The molecule has 1 aromatic carbocycles. The Morgan fingerprint density at radius 1 is 1.24 bits per heavy atom. The summed E-state index contributed by atoms with van der Waals surface area (Å²) in [5, 5.41) is 11.8. The van der Waals surface area contributed by atoms with Crippen LogP contribution in [0.5, 0.6) is 11.5 Å². The molecule has 1 heterocycles. The molecule has 0 atom stereocenters. The minimum absolute atomic E-state index is 0.0410. The van der Waals surface area contributed by atoms with Crippen molar-refractivity contribution in [3.05, 3.63) is 41.0 Å². The number of nitrogens with zero attached hydrogens (tertiary/aromatic N) is 2. The standard InChI is InChI=1S/C15H14ClN3O5S/c1-23-11-7-12(24-2)10(6-8(11)16)18-15(22)19(25)13-5-3-4-9(17-13)14(20)21/h3-7,25H,1-2H3,(H,18,22)(H,20,21). The first kappa shape index (κ1) is 18.7. The lowest BCUT2D eigenvalue weighted by atomic mass is 10.2. The summed E-state index contributed by atoms with van der Waals surface area (Å²) in [7, 11) is 2.88. The van der Waals surface area contributed by atoms with E-state index < -0.39 is 12.0 Å². The highest BCUT2D eigenvalue weighted by atomic mass is 35.5. The first-order valence-corrected chi connectivity index (χ1v) is 7.57. The van der Waals surface area contributed by atoms with Crippen molar-refractivity contribution in [3.8, 4) is 11.5 Å². The Morgan fingerprint density at radius 3 is 2.52 bits per heavy atom. The maximum atomic E-state index is 12.3. The molecule has 2 rings (SSSR count). The predicted molar refractivity (Wildman–Crippen MR) is 96.2 cm³/mol. The fourth-order valence-electron chi connectivity index (χ4n) is 1.89. The number of hydrogen-bond donors (Lipinski definition) is 3. The molecule has 10 heteroatoms. The van der Waals surface area contributed by atoms with Crippen molar-refractivity contribution in [1.29, 1.82) is 0 Å². The number of carboxylic acid groups (broad SMARTS) is 1. The quantitative estimate of drug-likeness (QED) is 0.684. The number of carboxylic acids is 1. The van der Waals surface area contributed by atoms with Crippen LogP contribution in [0.15, 0.2) is 30.3 Å². The van der Waals surface area contributed by atoms with Crippen molar-refractivity contribution in [2.45, 2.75) is 0 Å². The van der Waals surface area contributed by atoms with Gasteiger partial charge in [-0.1, -0.05) is 30.5 Å². The highest BCUT2D eigenvalue weighted by Crippen LogP contribution is 2.36. The molecule has 0 unspecified atom stereocenters. The first-order valence-electron chi connectivity index (χ1n) is 6.79. The number of nitrogens with one attached hydrogen (secondary N) is 1. The molecule has 0 aliphatic carbocycles. The van der Waals surface area contributed by atoms with Crippen molar-refractivity contribution in [3.63, 3.8) is 0 Å². The van der Waals surface area contributed by atoms with Gasteiger partial charge in [-0.05, 0) is 18.2 Å². The van der Waals surface area contributed by atoms with E-state index in [9.17, 15) is 9.59 Å². The monoisotopic (exact) mass is 383 g/mol. The van der Waals surface area contributed by atoms with Crippen LogP contribution in [0, 0.1) is 0 Å². The second-order valence-corrected chi connectivity index (χ2v) is 5.42. The number of amides is 2. The Hall–Kier alpha value is -2.65. The largest absolute Gasteiger partial charge is 0.495 e. The summed E-state index contributed by atoms with van der Waals surface area (Å²) >= 11 is 10.1. The maximum absolute atomic E-state index is 12.3. The number of methoxy groups -OCH3 is 2. The van der Waals surface area contributed by atoms with Gasteiger partial charge in [0, 0.05) is 6.07 Å². The summed E-state index contributed by atoms with van der Waals surface area (Å²) in [4.78, 5) is 27.2. The lowest BCUT2D eigenvalue weighted by Crippen LogP contribution is -2.28. The van der Waals surface area contributed by atoms with Gasteiger partial charge in [0.1, 0.15) is 17.3 Å². The third-order valence-corrected chi connectivity index (χ3v) is 3.76. The summed E-state index contributed by atoms with van der Waals surface area (Å²) in [6.45, 7) is 0. The van der Waals surface area contributed by atoms with Gasteiger partial charge in [-0.25, -0.2) is 18.9 Å². The van der Waals surface area contributed by atoms with Crippen LogP contribution in [-0.2, 0) is 0 Å². The fraction of sp³-hybridized carbons (Fsp3) is 0.133. The molecule has 0 saturated heterocycles. The summed E-state index contributed by atoms with van der Waals surface area (Å²) in [6.07, 6.45) is 0. The fourth-order valence-corrected chi connectivity index (χ4v) is 2.29. The molecule has 2 amide bonds. The van der Waals surface area contributed by atoms with Gasteiger partial charge in [-0.2, -0.15) is 0 Å². The van der Waals surface area contributed by atoms with Crippen molar-refractivity contribution < 1.29 is 24.2 Å². The number of carbonyl (C=O) groups is 2. The van der Waals surface area contributed by atoms with Gasteiger partial charge in [-0.15, -0.1) is 0 Å². The number of rotatable bonds is 5. The number of benzene rings is 1. The number of thiol groups is 1. The van der Waals surface area contributed by atoms with Crippen LogP contribution in [0.1, 0.15) is 10.5 Å². The number of ether oxygens (including phenoxy) is 2. The molecule has 8 nitrogen and oxygen atoms in total. The van der Waals surface area contributed by atoms with Gasteiger partial charge in [0.2, 0.25) is 0 Å². The summed E-state index contributed by atoms with van der Waals surface area (Å²) in [5.41, 5.74) is 0.0705. The van der Waals surface area contributed by atoms with Crippen molar-refractivity contribution in [2.75, 3.05) is 23.8 Å². The zero-order chi connectivity index (χ0) is 18.6.